The first-order chi connectivity index (χ1) is 15.2. The molecule has 1 aliphatic heterocycles. The second-order valence-corrected chi connectivity index (χ2v) is 9.04. The zero-order valence-electron chi connectivity index (χ0n) is 17.8. The highest BCUT2D eigenvalue weighted by atomic mass is 32.2. The van der Waals surface area contributed by atoms with Crippen LogP contribution in [-0.4, -0.2) is 58.8 Å². The summed E-state index contributed by atoms with van der Waals surface area (Å²) in [5, 5.41) is 12.5. The van der Waals surface area contributed by atoms with E-state index in [1.54, 1.807) is 6.07 Å². The zero-order valence-corrected chi connectivity index (χ0v) is 18.6. The first-order valence-electron chi connectivity index (χ1n) is 11.2. The molecule has 1 aromatic heterocycles. The molecule has 1 aliphatic carbocycles. The molecule has 1 saturated carbocycles. The van der Waals surface area contributed by atoms with Crippen LogP contribution in [0.2, 0.25) is 0 Å². The fourth-order valence-electron chi connectivity index (χ4n) is 4.16. The van der Waals surface area contributed by atoms with Crippen LogP contribution in [0.3, 0.4) is 0 Å². The molecule has 9 heteroatoms. The fraction of sp³-hybridized carbons (Fsp3) is 0.591. The molecule has 31 heavy (non-hydrogen) atoms. The van der Waals surface area contributed by atoms with Gasteiger partial charge in [-0.1, -0.05) is 49.9 Å². The number of carbonyl (C=O) groups excluding carboxylic acids is 1. The number of aromatic nitrogens is 3. The lowest BCUT2D eigenvalue weighted by molar-refractivity contribution is -0.119. The standard InChI is InChI=1S/C22H30FN5O2S/c23-17-7-6-10-19(15-17)28-21(27-11-13-30-14-12-27)25-26-22(28)31-16-20(29)24-18-8-4-2-1-3-5-9-18/h6-7,10,15,18H,1-5,8-9,11-14,16H2,(H,24,29). The van der Waals surface area contributed by atoms with Gasteiger partial charge in [0.2, 0.25) is 11.9 Å². The van der Waals surface area contributed by atoms with Crippen molar-refractivity contribution in [1.29, 1.82) is 0 Å². The van der Waals surface area contributed by atoms with Gasteiger partial charge >= 0.3 is 0 Å². The quantitative estimate of drug-likeness (QED) is 0.683. The number of benzene rings is 1. The van der Waals surface area contributed by atoms with E-state index in [2.05, 4.69) is 20.4 Å². The Kier molecular flexibility index (Phi) is 7.80. The van der Waals surface area contributed by atoms with Crippen LogP contribution < -0.4 is 10.2 Å². The number of nitrogens with one attached hydrogen (secondary N) is 1. The van der Waals surface area contributed by atoms with E-state index in [4.69, 9.17) is 4.74 Å². The highest BCUT2D eigenvalue weighted by Gasteiger charge is 2.23. The molecule has 1 amide bonds. The first kappa shape index (κ1) is 22.1. The molecule has 2 aliphatic rings. The van der Waals surface area contributed by atoms with Crippen LogP contribution >= 0.6 is 11.8 Å². The van der Waals surface area contributed by atoms with Crippen molar-refractivity contribution in [2.45, 2.75) is 56.1 Å². The van der Waals surface area contributed by atoms with Gasteiger partial charge in [0.15, 0.2) is 5.16 Å². The topological polar surface area (TPSA) is 72.3 Å². The van der Waals surface area contributed by atoms with Gasteiger partial charge in [0.25, 0.3) is 0 Å². The van der Waals surface area contributed by atoms with Gasteiger partial charge in [0.05, 0.1) is 24.7 Å². The molecule has 1 aromatic carbocycles. The van der Waals surface area contributed by atoms with Crippen molar-refractivity contribution >= 4 is 23.6 Å². The average Bonchev–Trinajstić information content (AvgIpc) is 3.19. The summed E-state index contributed by atoms with van der Waals surface area (Å²) in [6, 6.07) is 6.64. The molecule has 168 valence electrons. The Morgan fingerprint density at radius 1 is 1.13 bits per heavy atom. The van der Waals surface area contributed by atoms with Crippen LogP contribution in [-0.2, 0) is 9.53 Å². The van der Waals surface area contributed by atoms with Gasteiger partial charge in [-0.3, -0.25) is 9.36 Å². The summed E-state index contributed by atoms with van der Waals surface area (Å²) in [5.74, 6) is 0.596. The highest BCUT2D eigenvalue weighted by Crippen LogP contribution is 2.27. The third-order valence-corrected chi connectivity index (χ3v) is 6.71. The monoisotopic (exact) mass is 447 g/mol. The maximum Gasteiger partial charge on any atom is 0.232 e. The van der Waals surface area contributed by atoms with E-state index in [0.717, 1.165) is 12.8 Å². The number of nitrogens with zero attached hydrogens (tertiary/aromatic N) is 4. The minimum atomic E-state index is -0.322. The fourth-order valence-corrected chi connectivity index (χ4v) is 4.92. The summed E-state index contributed by atoms with van der Waals surface area (Å²) in [7, 11) is 0. The van der Waals surface area contributed by atoms with Gasteiger partial charge in [0.1, 0.15) is 5.82 Å². The van der Waals surface area contributed by atoms with Crippen molar-refractivity contribution in [1.82, 2.24) is 20.1 Å². The number of hydrogen-bond acceptors (Lipinski definition) is 6. The summed E-state index contributed by atoms with van der Waals surface area (Å²) in [4.78, 5) is 14.7. The summed E-state index contributed by atoms with van der Waals surface area (Å²) in [6.45, 7) is 2.62. The van der Waals surface area contributed by atoms with E-state index >= 15 is 0 Å². The predicted molar refractivity (Wildman–Crippen MR) is 119 cm³/mol. The molecule has 0 unspecified atom stereocenters. The molecular weight excluding hydrogens is 417 g/mol. The van der Waals surface area contributed by atoms with Crippen LogP contribution in [0.5, 0.6) is 0 Å². The molecule has 2 fully saturated rings. The van der Waals surface area contributed by atoms with Gasteiger partial charge < -0.3 is 15.0 Å². The number of amides is 1. The average molecular weight is 448 g/mol. The van der Waals surface area contributed by atoms with E-state index in [9.17, 15) is 9.18 Å². The Labute approximate surface area is 186 Å². The van der Waals surface area contributed by atoms with Gasteiger partial charge in [-0.15, -0.1) is 10.2 Å². The number of halogens is 1. The van der Waals surface area contributed by atoms with Crippen molar-refractivity contribution in [2.75, 3.05) is 37.0 Å². The van der Waals surface area contributed by atoms with Crippen LogP contribution in [0.1, 0.15) is 44.9 Å². The number of hydrogen-bond donors (Lipinski definition) is 1. The minimum Gasteiger partial charge on any atom is -0.378 e. The minimum absolute atomic E-state index is 0.0114. The van der Waals surface area contributed by atoms with Crippen LogP contribution in [0, 0.1) is 5.82 Å². The number of morpholine rings is 1. The Balaban J connectivity index is 1.47. The maximum absolute atomic E-state index is 13.9. The lowest BCUT2D eigenvalue weighted by Crippen LogP contribution is -2.38. The third-order valence-electron chi connectivity index (χ3n) is 5.78. The van der Waals surface area contributed by atoms with E-state index in [1.165, 1.54) is 56.0 Å². The number of carbonyl (C=O) groups is 1. The van der Waals surface area contributed by atoms with Crippen molar-refractivity contribution in [3.8, 4) is 5.69 Å². The Bertz CT molecular complexity index is 863. The lowest BCUT2D eigenvalue weighted by Gasteiger charge is -2.28. The normalized spacial score (nSPS) is 18.4. The molecule has 7 nitrogen and oxygen atoms in total. The largest absolute Gasteiger partial charge is 0.378 e. The Morgan fingerprint density at radius 3 is 2.61 bits per heavy atom. The van der Waals surface area contributed by atoms with Gasteiger partial charge in [-0.2, -0.15) is 0 Å². The molecule has 0 bridgehead atoms. The molecule has 4 rings (SSSR count). The number of rotatable bonds is 6. The van der Waals surface area contributed by atoms with E-state index < -0.39 is 0 Å². The maximum atomic E-state index is 13.9. The number of ether oxygens (including phenoxy) is 1. The summed E-state index contributed by atoms with van der Waals surface area (Å²) < 4.78 is 21.2. The van der Waals surface area contributed by atoms with Gasteiger partial charge in [0, 0.05) is 19.1 Å². The second-order valence-electron chi connectivity index (χ2n) is 8.10. The molecule has 1 saturated heterocycles. The first-order valence-corrected chi connectivity index (χ1v) is 12.2. The van der Waals surface area contributed by atoms with Crippen LogP contribution in [0.4, 0.5) is 10.3 Å². The summed E-state index contributed by atoms with van der Waals surface area (Å²) in [6.07, 6.45) is 8.26. The van der Waals surface area contributed by atoms with Crippen LogP contribution in [0.25, 0.3) is 5.69 Å². The van der Waals surface area contributed by atoms with Gasteiger partial charge in [-0.05, 0) is 31.0 Å². The molecule has 1 N–H and O–H groups in total. The zero-order chi connectivity index (χ0) is 21.5. The lowest BCUT2D eigenvalue weighted by atomic mass is 9.97. The molecule has 0 atom stereocenters. The predicted octanol–water partition coefficient (Wildman–Crippen LogP) is 3.56. The van der Waals surface area contributed by atoms with Crippen LogP contribution in [0.15, 0.2) is 29.4 Å². The van der Waals surface area contributed by atoms with E-state index in [-0.39, 0.29) is 23.5 Å². The molecule has 2 heterocycles. The molecule has 2 aromatic rings. The van der Waals surface area contributed by atoms with E-state index in [1.807, 2.05) is 10.6 Å². The molecular formula is C22H30FN5O2S. The van der Waals surface area contributed by atoms with Crippen molar-refractivity contribution < 1.29 is 13.9 Å². The smallest absolute Gasteiger partial charge is 0.232 e. The highest BCUT2D eigenvalue weighted by molar-refractivity contribution is 7.99. The van der Waals surface area contributed by atoms with Crippen molar-refractivity contribution in [3.63, 3.8) is 0 Å². The summed E-state index contributed by atoms with van der Waals surface area (Å²) >= 11 is 1.34. The Morgan fingerprint density at radius 2 is 1.87 bits per heavy atom. The number of anilines is 1. The third kappa shape index (κ3) is 5.98. The molecule has 0 radical (unpaired) electrons. The second kappa shape index (κ2) is 10.9. The van der Waals surface area contributed by atoms with Gasteiger partial charge in [-0.25, -0.2) is 4.39 Å². The van der Waals surface area contributed by atoms with E-state index in [0.29, 0.717) is 43.1 Å². The van der Waals surface area contributed by atoms with Crippen molar-refractivity contribution in [2.24, 2.45) is 0 Å². The Hall–Kier alpha value is -2.13. The number of thioether (sulfide) groups is 1. The SMILES string of the molecule is O=C(CSc1nnc(N2CCOCC2)n1-c1cccc(F)c1)NC1CCCCCCC1. The molecule has 0 spiro atoms. The van der Waals surface area contributed by atoms with Crippen molar-refractivity contribution in [3.05, 3.63) is 30.1 Å². The summed E-state index contributed by atoms with van der Waals surface area (Å²) in [5.41, 5.74) is 0.648.